The van der Waals surface area contributed by atoms with E-state index in [0.717, 1.165) is 22.0 Å². The van der Waals surface area contributed by atoms with Crippen LogP contribution in [0.5, 0.6) is 0 Å². The van der Waals surface area contributed by atoms with E-state index < -0.39 is 5.97 Å². The van der Waals surface area contributed by atoms with Gasteiger partial charge in [0.15, 0.2) is 0 Å². The Bertz CT molecular complexity index is 967. The van der Waals surface area contributed by atoms with E-state index in [9.17, 15) is 9.59 Å². The molecule has 5 nitrogen and oxygen atoms in total. The van der Waals surface area contributed by atoms with Crippen LogP contribution in [0.4, 0.5) is 0 Å². The largest absolute Gasteiger partial charge is 0.465 e. The van der Waals surface area contributed by atoms with Gasteiger partial charge in [0.1, 0.15) is 6.61 Å². The molecule has 0 saturated carbocycles. The van der Waals surface area contributed by atoms with E-state index >= 15 is 0 Å². The van der Waals surface area contributed by atoms with Gasteiger partial charge in [-0.3, -0.25) is 4.79 Å². The minimum Gasteiger partial charge on any atom is -0.465 e. The fourth-order valence-electron chi connectivity index (χ4n) is 3.03. The molecule has 0 aliphatic rings. The maximum absolute atomic E-state index is 12.3. The molecule has 2 aromatic carbocycles. The Morgan fingerprint density at radius 3 is 2.44 bits per heavy atom. The van der Waals surface area contributed by atoms with Crippen LogP contribution in [0.2, 0.25) is 0 Å². The summed E-state index contributed by atoms with van der Waals surface area (Å²) in [5, 5.41) is 0.872. The number of aromatic nitrogens is 1. The number of benzene rings is 2. The van der Waals surface area contributed by atoms with Crippen molar-refractivity contribution in [3.63, 3.8) is 0 Å². The van der Waals surface area contributed by atoms with Crippen molar-refractivity contribution >= 4 is 22.8 Å². The lowest BCUT2D eigenvalue weighted by molar-refractivity contribution is -0.145. The van der Waals surface area contributed by atoms with Crippen molar-refractivity contribution in [2.75, 3.05) is 7.11 Å². The predicted octanol–water partition coefficient (Wildman–Crippen LogP) is 4.01. The summed E-state index contributed by atoms with van der Waals surface area (Å²) in [5.41, 5.74) is 3.35. The second kappa shape index (κ2) is 8.45. The van der Waals surface area contributed by atoms with Crippen molar-refractivity contribution in [1.29, 1.82) is 0 Å². The Hall–Kier alpha value is -3.21. The number of nitrogens with zero attached hydrogens (tertiary/aromatic N) is 1. The maximum atomic E-state index is 12.3. The van der Waals surface area contributed by atoms with E-state index in [0.29, 0.717) is 17.7 Å². The van der Waals surface area contributed by atoms with Crippen molar-refractivity contribution in [3.05, 3.63) is 77.0 Å². The number of rotatable bonds is 6. The maximum Gasteiger partial charge on any atom is 0.340 e. The zero-order valence-corrected chi connectivity index (χ0v) is 15.4. The van der Waals surface area contributed by atoms with Crippen molar-refractivity contribution in [2.24, 2.45) is 0 Å². The number of fused-ring (bicyclic) bond motifs is 1. The number of hydrogen-bond donors (Lipinski definition) is 0. The summed E-state index contributed by atoms with van der Waals surface area (Å²) in [6.07, 6.45) is 0.873. The average Bonchev–Trinajstić information content (AvgIpc) is 2.71. The third kappa shape index (κ3) is 4.31. The molecule has 0 N–H and O–H groups in total. The molecule has 27 heavy (non-hydrogen) atoms. The molecular formula is C22H21NO4. The summed E-state index contributed by atoms with van der Waals surface area (Å²) in [6, 6.07) is 17.3. The van der Waals surface area contributed by atoms with Gasteiger partial charge in [-0.1, -0.05) is 48.5 Å². The average molecular weight is 363 g/mol. The molecule has 0 unspecified atom stereocenters. The van der Waals surface area contributed by atoms with Crippen LogP contribution in [0.3, 0.4) is 0 Å². The quantitative estimate of drug-likeness (QED) is 0.619. The molecule has 138 valence electrons. The number of aryl methyl sites for hydroxylation is 2. The van der Waals surface area contributed by atoms with Crippen LogP contribution in [0.15, 0.2) is 54.6 Å². The van der Waals surface area contributed by atoms with Gasteiger partial charge in [-0.05, 0) is 30.5 Å². The van der Waals surface area contributed by atoms with Crippen molar-refractivity contribution in [1.82, 2.24) is 4.98 Å². The van der Waals surface area contributed by atoms with Gasteiger partial charge in [0, 0.05) is 11.8 Å². The van der Waals surface area contributed by atoms with Gasteiger partial charge < -0.3 is 9.47 Å². The van der Waals surface area contributed by atoms with Crippen LogP contribution in [-0.4, -0.2) is 24.0 Å². The Labute approximate surface area is 157 Å². The van der Waals surface area contributed by atoms with E-state index in [-0.39, 0.29) is 19.0 Å². The zero-order chi connectivity index (χ0) is 19.2. The second-order valence-corrected chi connectivity index (χ2v) is 6.21. The van der Waals surface area contributed by atoms with Crippen molar-refractivity contribution < 1.29 is 19.1 Å². The molecule has 3 rings (SSSR count). The smallest absolute Gasteiger partial charge is 0.340 e. The Morgan fingerprint density at radius 1 is 1.00 bits per heavy atom. The Balaban J connectivity index is 1.77. The van der Waals surface area contributed by atoms with Crippen LogP contribution < -0.4 is 0 Å². The number of carbonyl (C=O) groups is 2. The van der Waals surface area contributed by atoms with Gasteiger partial charge >= 0.3 is 11.9 Å². The number of pyridine rings is 1. The molecule has 1 aromatic heterocycles. The highest BCUT2D eigenvalue weighted by Crippen LogP contribution is 2.24. The molecule has 0 bridgehead atoms. The first-order chi connectivity index (χ1) is 13.1. The van der Waals surface area contributed by atoms with Gasteiger partial charge in [0.25, 0.3) is 0 Å². The van der Waals surface area contributed by atoms with Gasteiger partial charge in [-0.25, -0.2) is 9.78 Å². The molecular weight excluding hydrogens is 342 g/mol. The number of carbonyl (C=O) groups excluding carboxylic acids is 2. The molecule has 3 aromatic rings. The third-order valence-corrected chi connectivity index (χ3v) is 4.45. The standard InChI is InChI=1S/C22H21NO4/c1-15-17-10-6-7-11-18(17)23-19(21(15)22(25)26-2)14-27-20(24)13-12-16-8-4-3-5-9-16/h3-11H,12-14H2,1-2H3. The van der Waals surface area contributed by atoms with E-state index in [2.05, 4.69) is 4.98 Å². The van der Waals surface area contributed by atoms with Crippen LogP contribution in [0.1, 0.15) is 33.6 Å². The van der Waals surface area contributed by atoms with Crippen LogP contribution in [0.25, 0.3) is 10.9 Å². The summed E-state index contributed by atoms with van der Waals surface area (Å²) in [6.45, 7) is 1.78. The molecule has 0 aliphatic heterocycles. The number of methoxy groups -OCH3 is 1. The normalized spacial score (nSPS) is 10.6. The van der Waals surface area contributed by atoms with E-state index in [1.165, 1.54) is 7.11 Å². The van der Waals surface area contributed by atoms with Crippen LogP contribution in [0, 0.1) is 6.92 Å². The Morgan fingerprint density at radius 2 is 1.70 bits per heavy atom. The molecule has 1 heterocycles. The summed E-state index contributed by atoms with van der Waals surface area (Å²) in [7, 11) is 1.33. The number of ether oxygens (including phenoxy) is 2. The lowest BCUT2D eigenvalue weighted by Crippen LogP contribution is -2.14. The first-order valence-corrected chi connectivity index (χ1v) is 8.76. The topological polar surface area (TPSA) is 65.5 Å². The number of hydrogen-bond acceptors (Lipinski definition) is 5. The minimum absolute atomic E-state index is 0.0657. The van der Waals surface area contributed by atoms with Gasteiger partial charge in [0.2, 0.25) is 0 Å². The first kappa shape index (κ1) is 18.6. The predicted molar refractivity (Wildman–Crippen MR) is 102 cm³/mol. The third-order valence-electron chi connectivity index (χ3n) is 4.45. The first-order valence-electron chi connectivity index (χ1n) is 8.76. The molecule has 0 spiro atoms. The highest BCUT2D eigenvalue weighted by atomic mass is 16.5. The Kier molecular flexibility index (Phi) is 5.81. The highest BCUT2D eigenvalue weighted by Gasteiger charge is 2.20. The van der Waals surface area contributed by atoms with E-state index in [4.69, 9.17) is 9.47 Å². The number of esters is 2. The van der Waals surface area contributed by atoms with Crippen molar-refractivity contribution in [2.45, 2.75) is 26.4 Å². The SMILES string of the molecule is COC(=O)c1c(COC(=O)CCc2ccccc2)nc2ccccc2c1C. The zero-order valence-electron chi connectivity index (χ0n) is 15.4. The fourth-order valence-corrected chi connectivity index (χ4v) is 3.03. The highest BCUT2D eigenvalue weighted by molar-refractivity contribution is 5.98. The van der Waals surface area contributed by atoms with Gasteiger partial charge in [-0.2, -0.15) is 0 Å². The lowest BCUT2D eigenvalue weighted by atomic mass is 10.0. The van der Waals surface area contributed by atoms with Gasteiger partial charge in [-0.15, -0.1) is 0 Å². The molecule has 5 heteroatoms. The summed E-state index contributed by atoms with van der Waals surface area (Å²) >= 11 is 0. The van der Waals surface area contributed by atoms with Crippen LogP contribution >= 0.6 is 0 Å². The molecule has 0 saturated heterocycles. The van der Waals surface area contributed by atoms with E-state index in [1.54, 1.807) is 0 Å². The van der Waals surface area contributed by atoms with Gasteiger partial charge in [0.05, 0.1) is 23.9 Å². The lowest BCUT2D eigenvalue weighted by Gasteiger charge is -2.13. The molecule has 0 atom stereocenters. The summed E-state index contributed by atoms with van der Waals surface area (Å²) in [4.78, 5) is 28.9. The second-order valence-electron chi connectivity index (χ2n) is 6.21. The van der Waals surface area contributed by atoms with Crippen molar-refractivity contribution in [3.8, 4) is 0 Å². The van der Waals surface area contributed by atoms with E-state index in [1.807, 2.05) is 61.5 Å². The van der Waals surface area contributed by atoms with Crippen LogP contribution in [-0.2, 0) is 27.3 Å². The summed E-state index contributed by atoms with van der Waals surface area (Å²) in [5.74, 6) is -0.816. The number of para-hydroxylation sites is 1. The molecule has 0 amide bonds. The minimum atomic E-state index is -0.485. The summed E-state index contributed by atoms with van der Waals surface area (Å²) < 4.78 is 10.3. The monoisotopic (exact) mass is 363 g/mol. The molecule has 0 fully saturated rings. The fraction of sp³-hybridized carbons (Fsp3) is 0.227. The molecule has 0 radical (unpaired) electrons. The molecule has 0 aliphatic carbocycles.